The van der Waals surface area contributed by atoms with Crippen LogP contribution in [0.3, 0.4) is 0 Å². The van der Waals surface area contributed by atoms with Gasteiger partial charge in [0, 0.05) is 19.3 Å². The molecule has 5 nitrogen and oxygen atoms in total. The maximum atomic E-state index is 12.7. The van der Waals surface area contributed by atoms with E-state index in [0.717, 1.165) is 23.1 Å². The van der Waals surface area contributed by atoms with E-state index in [0.29, 0.717) is 23.7 Å². The van der Waals surface area contributed by atoms with Gasteiger partial charge in [0.1, 0.15) is 10.4 Å². The molecule has 2 fully saturated rings. The van der Waals surface area contributed by atoms with E-state index in [-0.39, 0.29) is 18.1 Å². The Bertz CT molecular complexity index is 672. The Morgan fingerprint density at radius 1 is 1.40 bits per heavy atom. The van der Waals surface area contributed by atoms with Gasteiger partial charge in [-0.25, -0.2) is 0 Å². The number of likely N-dealkylation sites (tertiary alicyclic amines) is 1. The van der Waals surface area contributed by atoms with Crippen molar-refractivity contribution < 1.29 is 9.53 Å². The van der Waals surface area contributed by atoms with E-state index in [2.05, 4.69) is 4.98 Å². The number of anilines is 1. The van der Waals surface area contributed by atoms with Crippen molar-refractivity contribution in [2.75, 3.05) is 18.8 Å². The second kappa shape index (κ2) is 4.43. The van der Waals surface area contributed by atoms with Gasteiger partial charge in [-0.1, -0.05) is 0 Å². The molecule has 2 aromatic heterocycles. The highest BCUT2D eigenvalue weighted by atomic mass is 32.1. The third kappa shape index (κ3) is 1.79. The number of morpholine rings is 1. The van der Waals surface area contributed by atoms with Crippen LogP contribution in [0, 0.1) is 0 Å². The molecule has 0 spiro atoms. The van der Waals surface area contributed by atoms with Crippen molar-refractivity contribution in [3.8, 4) is 0 Å². The van der Waals surface area contributed by atoms with Crippen LogP contribution in [0.4, 0.5) is 5.69 Å². The van der Waals surface area contributed by atoms with E-state index in [1.165, 1.54) is 11.3 Å². The molecule has 0 saturated carbocycles. The summed E-state index contributed by atoms with van der Waals surface area (Å²) in [6, 6.07) is 3.81. The summed E-state index contributed by atoms with van der Waals surface area (Å²) in [6.45, 7) is 1.35. The summed E-state index contributed by atoms with van der Waals surface area (Å²) in [5.41, 5.74) is 7.34. The highest BCUT2D eigenvalue weighted by Gasteiger charge is 2.37. The first-order valence-electron chi connectivity index (χ1n) is 6.80. The Balaban J connectivity index is 1.68. The van der Waals surface area contributed by atoms with E-state index < -0.39 is 0 Å². The van der Waals surface area contributed by atoms with Crippen LogP contribution >= 0.6 is 11.3 Å². The van der Waals surface area contributed by atoms with E-state index in [1.807, 2.05) is 17.0 Å². The first kappa shape index (κ1) is 12.1. The predicted molar refractivity (Wildman–Crippen MR) is 77.8 cm³/mol. The fraction of sp³-hybridized carbons (Fsp3) is 0.429. The summed E-state index contributed by atoms with van der Waals surface area (Å²) >= 11 is 1.43. The second-order valence-corrected chi connectivity index (χ2v) is 6.41. The van der Waals surface area contributed by atoms with Gasteiger partial charge in [-0.15, -0.1) is 11.3 Å². The number of carbonyl (C=O) groups is 1. The molecule has 1 amide bonds. The lowest BCUT2D eigenvalue weighted by Gasteiger charge is -2.31. The van der Waals surface area contributed by atoms with Gasteiger partial charge in [-0.05, 0) is 25.0 Å². The van der Waals surface area contributed by atoms with Crippen LogP contribution in [0.15, 0.2) is 18.3 Å². The molecule has 2 saturated heterocycles. The van der Waals surface area contributed by atoms with Gasteiger partial charge < -0.3 is 15.4 Å². The lowest BCUT2D eigenvalue weighted by atomic mass is 10.2. The topological polar surface area (TPSA) is 68.5 Å². The average molecular weight is 289 g/mol. The molecule has 2 bridgehead atoms. The minimum absolute atomic E-state index is 0.0192. The number of hydrogen-bond donors (Lipinski definition) is 1. The number of pyridine rings is 1. The molecule has 2 atom stereocenters. The Hall–Kier alpha value is -1.66. The molecule has 0 aromatic carbocycles. The molecular formula is C14H15N3O2S. The van der Waals surface area contributed by atoms with E-state index >= 15 is 0 Å². The third-order valence-corrected chi connectivity index (χ3v) is 5.16. The SMILES string of the molecule is Nc1c(C(=O)N2CC3CCC(C2)O3)sc2cccnc12. The number of hydrogen-bond acceptors (Lipinski definition) is 5. The fourth-order valence-corrected chi connectivity index (χ4v) is 4.08. The van der Waals surface area contributed by atoms with Gasteiger partial charge >= 0.3 is 0 Å². The standard InChI is InChI=1S/C14H15N3O2S/c15-11-12-10(2-1-5-16-12)20-13(11)14(18)17-6-8-3-4-9(7-17)19-8/h1-2,5,8-9H,3-4,6-7,15H2. The van der Waals surface area contributed by atoms with Crippen molar-refractivity contribution in [3.63, 3.8) is 0 Å². The van der Waals surface area contributed by atoms with Crippen LogP contribution in [-0.2, 0) is 4.74 Å². The Morgan fingerprint density at radius 3 is 2.85 bits per heavy atom. The number of fused-ring (bicyclic) bond motifs is 3. The Morgan fingerprint density at radius 2 is 2.15 bits per heavy atom. The van der Waals surface area contributed by atoms with Crippen LogP contribution in [0.2, 0.25) is 0 Å². The molecule has 0 radical (unpaired) electrons. The lowest BCUT2D eigenvalue weighted by molar-refractivity contribution is -0.0301. The molecule has 20 heavy (non-hydrogen) atoms. The summed E-state index contributed by atoms with van der Waals surface area (Å²) in [4.78, 5) is 19.4. The first-order chi connectivity index (χ1) is 9.72. The maximum absolute atomic E-state index is 12.7. The number of rotatable bonds is 1. The van der Waals surface area contributed by atoms with Gasteiger partial charge in [0.15, 0.2) is 0 Å². The highest BCUT2D eigenvalue weighted by molar-refractivity contribution is 7.21. The van der Waals surface area contributed by atoms with Crippen molar-refractivity contribution in [3.05, 3.63) is 23.2 Å². The van der Waals surface area contributed by atoms with Crippen LogP contribution in [0.25, 0.3) is 10.2 Å². The monoisotopic (exact) mass is 289 g/mol. The maximum Gasteiger partial charge on any atom is 0.266 e. The summed E-state index contributed by atoms with van der Waals surface area (Å²) in [5, 5.41) is 0. The first-order valence-corrected chi connectivity index (χ1v) is 7.62. The molecule has 6 heteroatoms. The van der Waals surface area contributed by atoms with Crippen LogP contribution in [-0.4, -0.2) is 41.1 Å². The van der Waals surface area contributed by atoms with Crippen molar-refractivity contribution in [2.24, 2.45) is 0 Å². The van der Waals surface area contributed by atoms with E-state index in [1.54, 1.807) is 6.20 Å². The number of thiophene rings is 1. The van der Waals surface area contributed by atoms with Crippen LogP contribution < -0.4 is 5.73 Å². The predicted octanol–water partition coefficient (Wildman–Crippen LogP) is 1.88. The van der Waals surface area contributed by atoms with Crippen LogP contribution in [0.5, 0.6) is 0 Å². The summed E-state index contributed by atoms with van der Waals surface area (Å²) < 4.78 is 6.73. The molecule has 0 aliphatic carbocycles. The number of nitrogens with zero attached hydrogens (tertiary/aromatic N) is 2. The zero-order valence-corrected chi connectivity index (χ0v) is 11.7. The van der Waals surface area contributed by atoms with Crippen molar-refractivity contribution in [1.29, 1.82) is 0 Å². The number of amides is 1. The van der Waals surface area contributed by atoms with E-state index in [4.69, 9.17) is 10.5 Å². The number of nitrogen functional groups attached to an aromatic ring is 1. The second-order valence-electron chi connectivity index (χ2n) is 5.36. The minimum Gasteiger partial charge on any atom is -0.396 e. The average Bonchev–Trinajstić information content (AvgIpc) is 2.99. The largest absolute Gasteiger partial charge is 0.396 e. The van der Waals surface area contributed by atoms with Gasteiger partial charge in [0.2, 0.25) is 0 Å². The van der Waals surface area contributed by atoms with Crippen LogP contribution in [0.1, 0.15) is 22.5 Å². The fourth-order valence-electron chi connectivity index (χ4n) is 3.03. The number of carbonyl (C=O) groups excluding carboxylic acids is 1. The van der Waals surface area contributed by atoms with Crippen molar-refractivity contribution in [2.45, 2.75) is 25.0 Å². The molecule has 4 rings (SSSR count). The smallest absolute Gasteiger partial charge is 0.266 e. The molecular weight excluding hydrogens is 274 g/mol. The summed E-state index contributed by atoms with van der Waals surface area (Å²) in [5.74, 6) is 0.0192. The number of ether oxygens (including phenoxy) is 1. The number of nitrogens with two attached hydrogens (primary N) is 1. The molecule has 2 aliphatic heterocycles. The molecule has 4 heterocycles. The zero-order chi connectivity index (χ0) is 13.7. The lowest BCUT2D eigenvalue weighted by Crippen LogP contribution is -2.45. The molecule has 104 valence electrons. The molecule has 2 N–H and O–H groups in total. The molecule has 2 aliphatic rings. The van der Waals surface area contributed by atoms with Gasteiger partial charge in [-0.2, -0.15) is 0 Å². The molecule has 2 unspecified atom stereocenters. The van der Waals surface area contributed by atoms with Crippen molar-refractivity contribution in [1.82, 2.24) is 9.88 Å². The summed E-state index contributed by atoms with van der Waals surface area (Å²) in [7, 11) is 0. The number of aromatic nitrogens is 1. The van der Waals surface area contributed by atoms with Crippen molar-refractivity contribution >= 4 is 33.1 Å². The van der Waals surface area contributed by atoms with Gasteiger partial charge in [0.25, 0.3) is 5.91 Å². The Labute approximate surface area is 120 Å². The van der Waals surface area contributed by atoms with Gasteiger partial charge in [0.05, 0.1) is 22.6 Å². The van der Waals surface area contributed by atoms with Gasteiger partial charge in [-0.3, -0.25) is 9.78 Å². The minimum atomic E-state index is 0.0192. The molecule has 2 aromatic rings. The zero-order valence-electron chi connectivity index (χ0n) is 10.9. The Kier molecular flexibility index (Phi) is 2.68. The third-order valence-electron chi connectivity index (χ3n) is 4.01. The highest BCUT2D eigenvalue weighted by Crippen LogP contribution is 2.34. The quantitative estimate of drug-likeness (QED) is 0.870. The summed E-state index contributed by atoms with van der Waals surface area (Å²) in [6.07, 6.45) is 4.21. The van der Waals surface area contributed by atoms with E-state index in [9.17, 15) is 4.79 Å². The normalized spacial score (nSPS) is 25.3.